The molecule has 0 fully saturated rings. The minimum atomic E-state index is -0.511. The zero-order valence-electron chi connectivity index (χ0n) is 15.5. The van der Waals surface area contributed by atoms with Gasteiger partial charge in [-0.05, 0) is 29.5 Å². The van der Waals surface area contributed by atoms with Crippen molar-refractivity contribution in [2.75, 3.05) is 18.8 Å². The van der Waals surface area contributed by atoms with E-state index in [1.54, 1.807) is 18.5 Å². The minimum absolute atomic E-state index is 0.0484. The van der Waals surface area contributed by atoms with Crippen molar-refractivity contribution in [1.29, 1.82) is 0 Å². The van der Waals surface area contributed by atoms with Crippen LogP contribution in [0.25, 0.3) is 5.82 Å². The molecule has 0 radical (unpaired) electrons. The van der Waals surface area contributed by atoms with Crippen molar-refractivity contribution >= 4 is 17.9 Å². The highest BCUT2D eigenvalue weighted by Crippen LogP contribution is 2.17. The average Bonchev–Trinajstić information content (AvgIpc) is 3.32. The topological polar surface area (TPSA) is 153 Å². The summed E-state index contributed by atoms with van der Waals surface area (Å²) in [7, 11) is 0. The summed E-state index contributed by atoms with van der Waals surface area (Å²) in [6.07, 6.45) is 4.76. The maximum Gasteiger partial charge on any atom is 0.293 e. The van der Waals surface area contributed by atoms with Crippen LogP contribution in [0.1, 0.15) is 35.6 Å². The molecule has 0 unspecified atom stereocenters. The second-order valence-corrected chi connectivity index (χ2v) is 5.72. The van der Waals surface area contributed by atoms with Crippen LogP contribution >= 0.6 is 0 Å². The normalized spacial score (nSPS) is 11.4. The van der Waals surface area contributed by atoms with E-state index in [4.69, 9.17) is 5.73 Å². The lowest BCUT2D eigenvalue weighted by molar-refractivity contribution is 0.0948. The molecule has 0 aliphatic rings. The van der Waals surface area contributed by atoms with Crippen LogP contribution in [-0.4, -0.2) is 60.4 Å². The van der Waals surface area contributed by atoms with Crippen LogP contribution in [0.4, 0.5) is 5.82 Å². The fraction of sp³-hybridized carbons (Fsp3) is 0.312. The van der Waals surface area contributed by atoms with Crippen LogP contribution < -0.4 is 11.2 Å². The molecule has 146 valence electrons. The van der Waals surface area contributed by atoms with Crippen molar-refractivity contribution in [3.63, 3.8) is 0 Å². The standard InChI is InChI=1S/C16H20N10O2/c1-3-25(4-2)10-12-13(20-24-26(12)15-14(17)22-28-23-15)16(27)21-19-9-11-6-5-7-18-8-11/h5-9H,3-4,10H2,1-2H3,(H2,17,22)(H,21,27)/b19-9-. The highest BCUT2D eigenvalue weighted by atomic mass is 16.6. The molecule has 0 aliphatic heterocycles. The summed E-state index contributed by atoms with van der Waals surface area (Å²) >= 11 is 0. The molecule has 28 heavy (non-hydrogen) atoms. The number of anilines is 1. The summed E-state index contributed by atoms with van der Waals surface area (Å²) < 4.78 is 5.99. The molecule has 0 atom stereocenters. The van der Waals surface area contributed by atoms with Crippen LogP contribution in [0.2, 0.25) is 0 Å². The smallest absolute Gasteiger partial charge is 0.293 e. The first kappa shape index (κ1) is 19.1. The summed E-state index contributed by atoms with van der Waals surface area (Å²) in [6, 6.07) is 3.58. The van der Waals surface area contributed by atoms with Crippen molar-refractivity contribution < 1.29 is 9.42 Å². The van der Waals surface area contributed by atoms with Gasteiger partial charge in [0.05, 0.1) is 11.9 Å². The SMILES string of the molecule is CCN(CC)Cc1c(C(=O)N/N=C\c2cccnc2)nnn1-c1nonc1N. The van der Waals surface area contributed by atoms with E-state index in [9.17, 15) is 4.79 Å². The number of nitrogen functional groups attached to an aromatic ring is 1. The van der Waals surface area contributed by atoms with Gasteiger partial charge in [-0.3, -0.25) is 14.7 Å². The van der Waals surface area contributed by atoms with Crippen LogP contribution in [0, 0.1) is 0 Å². The molecule has 0 saturated heterocycles. The van der Waals surface area contributed by atoms with Gasteiger partial charge in [-0.2, -0.15) is 9.78 Å². The van der Waals surface area contributed by atoms with Gasteiger partial charge in [-0.1, -0.05) is 25.1 Å². The van der Waals surface area contributed by atoms with E-state index in [2.05, 4.69) is 45.7 Å². The molecule has 12 heteroatoms. The first-order valence-corrected chi connectivity index (χ1v) is 8.62. The third kappa shape index (κ3) is 4.17. The van der Waals surface area contributed by atoms with E-state index in [1.165, 1.54) is 10.9 Å². The number of nitrogens with zero attached hydrogens (tertiary/aromatic N) is 8. The Labute approximate surface area is 160 Å². The molecule has 1 amide bonds. The summed E-state index contributed by atoms with van der Waals surface area (Å²) in [5.41, 5.74) is 9.57. The Morgan fingerprint density at radius 1 is 1.39 bits per heavy atom. The van der Waals surface area contributed by atoms with E-state index in [1.807, 2.05) is 19.9 Å². The Morgan fingerprint density at radius 3 is 2.86 bits per heavy atom. The van der Waals surface area contributed by atoms with Crippen LogP contribution in [0.15, 0.2) is 34.3 Å². The molecule has 0 aromatic carbocycles. The summed E-state index contributed by atoms with van der Waals surface area (Å²) in [5, 5.41) is 19.2. The second-order valence-electron chi connectivity index (χ2n) is 5.72. The van der Waals surface area contributed by atoms with Gasteiger partial charge in [0.15, 0.2) is 5.69 Å². The van der Waals surface area contributed by atoms with Gasteiger partial charge >= 0.3 is 0 Å². The molecular formula is C16H20N10O2. The number of pyridine rings is 1. The largest absolute Gasteiger partial charge is 0.378 e. The van der Waals surface area contributed by atoms with Crippen molar-refractivity contribution in [2.24, 2.45) is 5.10 Å². The zero-order chi connectivity index (χ0) is 19.9. The molecular weight excluding hydrogens is 364 g/mol. The molecule has 12 nitrogen and oxygen atoms in total. The fourth-order valence-electron chi connectivity index (χ4n) is 2.46. The molecule has 3 heterocycles. The number of carbonyl (C=O) groups is 1. The maximum atomic E-state index is 12.6. The quantitative estimate of drug-likeness (QED) is 0.410. The predicted octanol–water partition coefficient (Wildman–Crippen LogP) is 0.233. The number of aromatic nitrogens is 6. The van der Waals surface area contributed by atoms with Crippen LogP contribution in [0.5, 0.6) is 0 Å². The van der Waals surface area contributed by atoms with Crippen molar-refractivity contribution in [3.05, 3.63) is 41.5 Å². The Kier molecular flexibility index (Phi) is 6.01. The third-order valence-electron chi connectivity index (χ3n) is 4.01. The van der Waals surface area contributed by atoms with E-state index in [0.29, 0.717) is 12.2 Å². The van der Waals surface area contributed by atoms with Gasteiger partial charge < -0.3 is 5.73 Å². The summed E-state index contributed by atoms with van der Waals surface area (Å²) in [4.78, 5) is 18.7. The number of carbonyl (C=O) groups excluding carboxylic acids is 1. The average molecular weight is 384 g/mol. The molecule has 3 rings (SSSR count). The molecule has 3 aromatic heterocycles. The second kappa shape index (κ2) is 8.81. The van der Waals surface area contributed by atoms with Gasteiger partial charge in [-0.15, -0.1) is 5.10 Å². The summed E-state index contributed by atoms with van der Waals surface area (Å²) in [6.45, 7) is 5.98. The van der Waals surface area contributed by atoms with E-state index >= 15 is 0 Å². The number of nitrogens with one attached hydrogen (secondary N) is 1. The van der Waals surface area contributed by atoms with Crippen LogP contribution in [0.3, 0.4) is 0 Å². The number of hydrazone groups is 1. The van der Waals surface area contributed by atoms with E-state index < -0.39 is 5.91 Å². The molecule has 3 N–H and O–H groups in total. The minimum Gasteiger partial charge on any atom is -0.378 e. The number of hydrogen-bond acceptors (Lipinski definition) is 10. The Morgan fingerprint density at radius 2 is 2.21 bits per heavy atom. The van der Waals surface area contributed by atoms with Crippen molar-refractivity contribution in [1.82, 2.24) is 40.6 Å². The van der Waals surface area contributed by atoms with Gasteiger partial charge in [0.2, 0.25) is 11.6 Å². The highest BCUT2D eigenvalue weighted by Gasteiger charge is 2.24. The molecule has 0 bridgehead atoms. The van der Waals surface area contributed by atoms with E-state index in [-0.39, 0.29) is 17.3 Å². The first-order chi connectivity index (χ1) is 13.6. The highest BCUT2D eigenvalue weighted by molar-refractivity contribution is 5.94. The summed E-state index contributed by atoms with van der Waals surface area (Å²) in [5.74, 6) is -0.289. The molecule has 0 aliphatic carbocycles. The number of rotatable bonds is 8. The van der Waals surface area contributed by atoms with Gasteiger partial charge in [-0.25, -0.2) is 10.1 Å². The Balaban J connectivity index is 1.87. The number of hydrogen-bond donors (Lipinski definition) is 2. The lowest BCUT2D eigenvalue weighted by atomic mass is 10.2. The van der Waals surface area contributed by atoms with Crippen molar-refractivity contribution in [2.45, 2.75) is 20.4 Å². The zero-order valence-corrected chi connectivity index (χ0v) is 15.5. The first-order valence-electron chi connectivity index (χ1n) is 8.62. The van der Waals surface area contributed by atoms with Gasteiger partial charge in [0.1, 0.15) is 0 Å². The molecule has 3 aromatic rings. The van der Waals surface area contributed by atoms with Gasteiger partial charge in [0.25, 0.3) is 5.91 Å². The van der Waals surface area contributed by atoms with E-state index in [0.717, 1.165) is 18.7 Å². The third-order valence-corrected chi connectivity index (χ3v) is 4.01. The Hall–Kier alpha value is -3.67. The maximum absolute atomic E-state index is 12.6. The lowest BCUT2D eigenvalue weighted by Crippen LogP contribution is -2.27. The van der Waals surface area contributed by atoms with Gasteiger partial charge in [0, 0.05) is 24.5 Å². The number of amides is 1. The van der Waals surface area contributed by atoms with Crippen LogP contribution in [-0.2, 0) is 6.54 Å². The Bertz CT molecular complexity index is 946. The lowest BCUT2D eigenvalue weighted by Gasteiger charge is -2.18. The fourth-order valence-corrected chi connectivity index (χ4v) is 2.46. The van der Waals surface area contributed by atoms with Crippen molar-refractivity contribution in [3.8, 4) is 5.82 Å². The molecule has 0 spiro atoms. The monoisotopic (exact) mass is 384 g/mol. The number of nitrogens with two attached hydrogens (primary N) is 1. The molecule has 0 saturated carbocycles. The predicted molar refractivity (Wildman–Crippen MR) is 99.5 cm³/mol.